The van der Waals surface area contributed by atoms with Gasteiger partial charge >= 0.3 is 0 Å². The molecule has 1 heterocycles. The second-order valence-electron chi connectivity index (χ2n) is 3.01. The van der Waals surface area contributed by atoms with Crippen molar-refractivity contribution in [1.29, 1.82) is 5.26 Å². The molecule has 0 unspecified atom stereocenters. The largest absolute Gasteiger partial charge is 0.382 e. The van der Waals surface area contributed by atoms with Gasteiger partial charge in [0.05, 0.1) is 13.2 Å². The van der Waals surface area contributed by atoms with Gasteiger partial charge in [-0.2, -0.15) is 5.26 Å². The molecule has 5 heteroatoms. The number of nitrogens with zero attached hydrogens (tertiary/aromatic N) is 3. The van der Waals surface area contributed by atoms with Crippen LogP contribution in [-0.4, -0.2) is 36.5 Å². The number of aromatic nitrogens is 2. The molecule has 0 spiro atoms. The van der Waals surface area contributed by atoms with Gasteiger partial charge in [0.25, 0.3) is 0 Å². The number of hydrogen-bond acceptors (Lipinski definition) is 4. The second kappa shape index (κ2) is 6.98. The first-order valence-corrected chi connectivity index (χ1v) is 4.86. The summed E-state index contributed by atoms with van der Waals surface area (Å²) >= 11 is 0. The van der Waals surface area contributed by atoms with Crippen molar-refractivity contribution >= 4 is 0 Å². The van der Waals surface area contributed by atoms with E-state index in [1.165, 1.54) is 0 Å². The Morgan fingerprint density at radius 3 is 3.07 bits per heavy atom. The maximum absolute atomic E-state index is 8.70. The summed E-state index contributed by atoms with van der Waals surface area (Å²) in [5, 5.41) is 8.70. The molecule has 1 aromatic rings. The van der Waals surface area contributed by atoms with E-state index in [4.69, 9.17) is 14.7 Å². The lowest BCUT2D eigenvalue weighted by atomic mass is 10.4. The lowest BCUT2D eigenvalue weighted by Gasteiger charge is -2.04. The van der Waals surface area contributed by atoms with E-state index in [0.29, 0.717) is 25.6 Å². The number of ether oxygens (including phenoxy) is 2. The van der Waals surface area contributed by atoms with Gasteiger partial charge in [-0.3, -0.25) is 0 Å². The fourth-order valence-electron chi connectivity index (χ4n) is 1.18. The smallest absolute Gasteiger partial charge is 0.212 e. The zero-order chi connectivity index (χ0) is 10.9. The molecule has 0 aliphatic carbocycles. The van der Waals surface area contributed by atoms with Gasteiger partial charge in [0, 0.05) is 32.7 Å². The molecule has 5 nitrogen and oxygen atoms in total. The van der Waals surface area contributed by atoms with Gasteiger partial charge in [-0.15, -0.1) is 0 Å². The summed E-state index contributed by atoms with van der Waals surface area (Å²) in [5.74, 6) is 0.451. The van der Waals surface area contributed by atoms with Gasteiger partial charge in [0.15, 0.2) is 0 Å². The highest BCUT2D eigenvalue weighted by molar-refractivity contribution is 5.10. The van der Waals surface area contributed by atoms with E-state index in [9.17, 15) is 0 Å². The van der Waals surface area contributed by atoms with Crippen LogP contribution < -0.4 is 0 Å². The Kier molecular flexibility index (Phi) is 5.44. The number of hydrogen-bond donors (Lipinski definition) is 0. The molecule has 0 radical (unpaired) electrons. The first kappa shape index (κ1) is 11.7. The first-order valence-electron chi connectivity index (χ1n) is 4.86. The topological polar surface area (TPSA) is 60.1 Å². The minimum atomic E-state index is 0.451. The summed E-state index contributed by atoms with van der Waals surface area (Å²) in [4.78, 5) is 3.90. The lowest BCUT2D eigenvalue weighted by Crippen LogP contribution is -2.07. The first-order chi connectivity index (χ1) is 7.38. The van der Waals surface area contributed by atoms with E-state index in [-0.39, 0.29) is 0 Å². The lowest BCUT2D eigenvalue weighted by molar-refractivity contribution is 0.0680. The molecule has 0 bridgehead atoms. The summed E-state index contributed by atoms with van der Waals surface area (Å²) < 4.78 is 12.0. The molecule has 0 saturated carbocycles. The van der Waals surface area contributed by atoms with Crippen LogP contribution in [0.2, 0.25) is 0 Å². The van der Waals surface area contributed by atoms with Crippen molar-refractivity contribution in [1.82, 2.24) is 9.55 Å². The maximum atomic E-state index is 8.70. The molecule has 1 aromatic heterocycles. The fraction of sp³-hybridized carbons (Fsp3) is 0.600. The van der Waals surface area contributed by atoms with Crippen LogP contribution in [0.25, 0.3) is 0 Å². The predicted octanol–water partition coefficient (Wildman–Crippen LogP) is 0.808. The van der Waals surface area contributed by atoms with E-state index in [1.807, 2.05) is 10.6 Å². The third-order valence-electron chi connectivity index (χ3n) is 1.93. The van der Waals surface area contributed by atoms with Crippen LogP contribution in [0.5, 0.6) is 0 Å². The molecule has 0 saturated heterocycles. The number of nitriles is 1. The molecule has 15 heavy (non-hydrogen) atoms. The van der Waals surface area contributed by atoms with Crippen LogP contribution in [-0.2, 0) is 16.0 Å². The van der Waals surface area contributed by atoms with Crippen molar-refractivity contribution in [2.45, 2.75) is 13.0 Å². The summed E-state index contributed by atoms with van der Waals surface area (Å²) in [6.45, 7) is 2.67. The minimum absolute atomic E-state index is 0.451. The zero-order valence-corrected chi connectivity index (χ0v) is 8.85. The molecule has 1 rings (SSSR count). The Morgan fingerprint density at radius 1 is 1.47 bits per heavy atom. The summed E-state index contributed by atoms with van der Waals surface area (Å²) in [6, 6.07) is 2.03. The van der Waals surface area contributed by atoms with Gasteiger partial charge < -0.3 is 14.0 Å². The fourth-order valence-corrected chi connectivity index (χ4v) is 1.18. The molecule has 0 atom stereocenters. The van der Waals surface area contributed by atoms with Crippen molar-refractivity contribution in [3.63, 3.8) is 0 Å². The number of methoxy groups -OCH3 is 1. The zero-order valence-electron chi connectivity index (χ0n) is 8.85. The van der Waals surface area contributed by atoms with Crippen molar-refractivity contribution < 1.29 is 9.47 Å². The molecule has 0 aliphatic rings. The average Bonchev–Trinajstić information content (AvgIpc) is 2.70. The maximum Gasteiger partial charge on any atom is 0.212 e. The SMILES string of the molecule is COCCOCCCn1ccnc1C#N. The van der Waals surface area contributed by atoms with Gasteiger partial charge in [0.2, 0.25) is 5.82 Å². The number of rotatable bonds is 7. The highest BCUT2D eigenvalue weighted by Crippen LogP contribution is 1.97. The number of imidazole rings is 1. The van der Waals surface area contributed by atoms with Crippen molar-refractivity contribution in [2.75, 3.05) is 26.9 Å². The third kappa shape index (κ3) is 4.11. The van der Waals surface area contributed by atoms with Crippen LogP contribution in [0.1, 0.15) is 12.2 Å². The van der Waals surface area contributed by atoms with Gasteiger partial charge in [-0.25, -0.2) is 4.98 Å². The average molecular weight is 209 g/mol. The number of aryl methyl sites for hydroxylation is 1. The Morgan fingerprint density at radius 2 is 2.33 bits per heavy atom. The van der Waals surface area contributed by atoms with Crippen LogP contribution in [0.4, 0.5) is 0 Å². The van der Waals surface area contributed by atoms with Gasteiger partial charge in [-0.1, -0.05) is 0 Å². The van der Waals surface area contributed by atoms with Crippen molar-refractivity contribution in [3.8, 4) is 6.07 Å². The van der Waals surface area contributed by atoms with Crippen LogP contribution in [0.15, 0.2) is 12.4 Å². The van der Waals surface area contributed by atoms with Gasteiger partial charge in [0.1, 0.15) is 6.07 Å². The molecule has 82 valence electrons. The Balaban J connectivity index is 2.13. The quantitative estimate of drug-likeness (QED) is 0.623. The standard InChI is InChI=1S/C10H15N3O2/c1-14-7-8-15-6-2-4-13-5-3-12-10(13)9-11/h3,5H,2,4,6-8H2,1H3. The molecule has 0 fully saturated rings. The predicted molar refractivity (Wildman–Crippen MR) is 54.3 cm³/mol. The Hall–Kier alpha value is -1.38. The summed E-state index contributed by atoms with van der Waals surface area (Å²) in [7, 11) is 1.65. The molecular weight excluding hydrogens is 194 g/mol. The summed E-state index contributed by atoms with van der Waals surface area (Å²) in [6.07, 6.45) is 4.30. The molecule has 0 N–H and O–H groups in total. The van der Waals surface area contributed by atoms with Crippen LogP contribution in [0, 0.1) is 11.3 Å². The second-order valence-corrected chi connectivity index (χ2v) is 3.01. The Bertz CT molecular complexity index is 317. The van der Waals surface area contributed by atoms with E-state index in [0.717, 1.165) is 13.0 Å². The molecule has 0 aromatic carbocycles. The van der Waals surface area contributed by atoms with Crippen LogP contribution in [0.3, 0.4) is 0 Å². The molecule has 0 aliphatic heterocycles. The third-order valence-corrected chi connectivity index (χ3v) is 1.93. The normalized spacial score (nSPS) is 10.1. The van der Waals surface area contributed by atoms with Gasteiger partial charge in [-0.05, 0) is 6.42 Å². The van der Waals surface area contributed by atoms with E-state index in [1.54, 1.807) is 19.5 Å². The highest BCUT2D eigenvalue weighted by Gasteiger charge is 1.99. The minimum Gasteiger partial charge on any atom is -0.382 e. The Labute approximate surface area is 89.2 Å². The van der Waals surface area contributed by atoms with E-state index < -0.39 is 0 Å². The van der Waals surface area contributed by atoms with Crippen molar-refractivity contribution in [3.05, 3.63) is 18.2 Å². The molecular formula is C10H15N3O2. The van der Waals surface area contributed by atoms with Crippen LogP contribution >= 0.6 is 0 Å². The molecule has 0 amide bonds. The summed E-state index contributed by atoms with van der Waals surface area (Å²) in [5.41, 5.74) is 0. The van der Waals surface area contributed by atoms with E-state index in [2.05, 4.69) is 4.98 Å². The monoisotopic (exact) mass is 209 g/mol. The highest BCUT2D eigenvalue weighted by atomic mass is 16.5. The van der Waals surface area contributed by atoms with E-state index >= 15 is 0 Å². The van der Waals surface area contributed by atoms with Crippen molar-refractivity contribution in [2.24, 2.45) is 0 Å².